The first kappa shape index (κ1) is 33.2. The Kier molecular flexibility index (Phi) is 12.2. The van der Waals surface area contributed by atoms with Crippen LogP contribution in [-0.2, 0) is 41.7 Å². The van der Waals surface area contributed by atoms with Gasteiger partial charge in [0, 0.05) is 16.5 Å². The number of para-hydroxylation sites is 2. The van der Waals surface area contributed by atoms with Crippen molar-refractivity contribution < 1.29 is 16.5 Å². The molecule has 0 aliphatic heterocycles. The summed E-state index contributed by atoms with van der Waals surface area (Å²) < 4.78 is 0. The van der Waals surface area contributed by atoms with Crippen molar-refractivity contribution in [1.29, 1.82) is 0 Å². The minimum absolute atomic E-state index is 0. The third-order valence-electron chi connectivity index (χ3n) is 5.47. The van der Waals surface area contributed by atoms with Gasteiger partial charge in [0.2, 0.25) is 0 Å². The fourth-order valence-corrected chi connectivity index (χ4v) is 6.21. The van der Waals surface area contributed by atoms with E-state index in [1.54, 1.807) is 48.5 Å². The first-order chi connectivity index (χ1) is 18.0. The van der Waals surface area contributed by atoms with Crippen LogP contribution >= 0.6 is 92.8 Å². The van der Waals surface area contributed by atoms with Gasteiger partial charge in [-0.3, -0.25) is 0 Å². The molecule has 2 nitrogen and oxygen atoms in total. The smallest absolute Gasteiger partial charge is 0.0627 e. The maximum atomic E-state index is 6.74. The number of rotatable bonds is 7. The van der Waals surface area contributed by atoms with Crippen molar-refractivity contribution in [2.24, 2.45) is 0 Å². The van der Waals surface area contributed by atoms with E-state index in [0.717, 1.165) is 0 Å². The molecular formula is C26H12Cl8N2NiS2-4. The average molecular weight is 759 g/mol. The quantitative estimate of drug-likeness (QED) is 0.107. The predicted molar refractivity (Wildman–Crippen MR) is 169 cm³/mol. The molecule has 2 unspecified atom stereocenters. The summed E-state index contributed by atoms with van der Waals surface area (Å²) in [6.45, 7) is 0. The Hall–Kier alpha value is -0.266. The van der Waals surface area contributed by atoms with Gasteiger partial charge in [0.1, 0.15) is 0 Å². The molecule has 2 atom stereocenters. The molecule has 0 N–H and O–H groups in total. The molecule has 0 spiro atoms. The summed E-state index contributed by atoms with van der Waals surface area (Å²) in [4.78, 5) is 0.947. The molecule has 13 heteroatoms. The van der Waals surface area contributed by atoms with Gasteiger partial charge in [0.05, 0.1) is 40.2 Å². The van der Waals surface area contributed by atoms with Crippen LogP contribution in [-0.4, -0.2) is 0 Å². The topological polar surface area (TPSA) is 28.2 Å². The number of hydrogen-bond donors (Lipinski definition) is 0. The third-order valence-corrected chi connectivity index (χ3v) is 9.37. The van der Waals surface area contributed by atoms with Crippen LogP contribution < -0.4 is 0 Å². The van der Waals surface area contributed by atoms with E-state index in [4.69, 9.17) is 129 Å². The molecule has 39 heavy (non-hydrogen) atoms. The zero-order chi connectivity index (χ0) is 27.7. The molecule has 4 aromatic carbocycles. The van der Waals surface area contributed by atoms with E-state index < -0.39 is 12.1 Å². The van der Waals surface area contributed by atoms with E-state index in [1.165, 1.54) is 12.1 Å². The van der Waals surface area contributed by atoms with E-state index in [0.29, 0.717) is 21.2 Å². The first-order valence-corrected chi connectivity index (χ1v) is 14.4. The van der Waals surface area contributed by atoms with Gasteiger partial charge < -0.3 is 35.9 Å². The molecule has 0 heterocycles. The molecule has 0 radical (unpaired) electrons. The molecule has 0 saturated heterocycles. The molecule has 4 aromatic rings. The molecular weight excluding hydrogens is 747 g/mol. The summed E-state index contributed by atoms with van der Waals surface area (Å²) in [5, 5.41) is 11.0. The van der Waals surface area contributed by atoms with Crippen LogP contribution in [0.15, 0.2) is 70.5 Å². The van der Waals surface area contributed by atoms with Crippen LogP contribution in [0.2, 0.25) is 40.2 Å². The molecule has 0 aliphatic carbocycles. The van der Waals surface area contributed by atoms with Crippen molar-refractivity contribution >= 4 is 129 Å². The molecule has 0 amide bonds. The largest absolute Gasteiger partial charge is 0.781 e. The van der Waals surface area contributed by atoms with Crippen molar-refractivity contribution in [3.8, 4) is 0 Å². The van der Waals surface area contributed by atoms with Gasteiger partial charge in [-0.15, -0.1) is 0 Å². The summed E-state index contributed by atoms with van der Waals surface area (Å²) in [5.41, 5.74) is 1.48. The van der Waals surface area contributed by atoms with Crippen LogP contribution in [0.4, 0.5) is 11.4 Å². The van der Waals surface area contributed by atoms with Crippen LogP contribution in [0, 0.1) is 0 Å². The Balaban J connectivity index is 0.00000420. The average Bonchev–Trinajstić information content (AvgIpc) is 2.87. The zero-order valence-corrected chi connectivity index (χ0v) is 27.6. The van der Waals surface area contributed by atoms with E-state index in [2.05, 4.69) is 0 Å². The van der Waals surface area contributed by atoms with Gasteiger partial charge in [-0.1, -0.05) is 153 Å². The van der Waals surface area contributed by atoms with E-state index in [1.807, 2.05) is 0 Å². The number of nitrogens with zero attached hydrogens (tertiary/aromatic N) is 2. The second kappa shape index (κ2) is 14.3. The van der Waals surface area contributed by atoms with Crippen molar-refractivity contribution in [3.63, 3.8) is 0 Å². The minimum atomic E-state index is -1.01. The van der Waals surface area contributed by atoms with Gasteiger partial charge >= 0.3 is 0 Å². The van der Waals surface area contributed by atoms with Crippen LogP contribution in [0.3, 0.4) is 0 Å². The Morgan fingerprint density at radius 3 is 1.05 bits per heavy atom. The monoisotopic (exact) mass is 754 g/mol. The molecule has 4 rings (SSSR count). The molecule has 0 aromatic heterocycles. The van der Waals surface area contributed by atoms with Crippen molar-refractivity contribution in [2.75, 3.05) is 0 Å². The summed E-state index contributed by atoms with van der Waals surface area (Å²) in [7, 11) is 0. The van der Waals surface area contributed by atoms with E-state index in [9.17, 15) is 0 Å². The number of halogens is 8. The predicted octanol–water partition coefficient (Wildman–Crippen LogP) is 12.9. The number of benzene rings is 4. The fraction of sp³-hybridized carbons (Fsp3) is 0.0769. The summed E-state index contributed by atoms with van der Waals surface area (Å²) in [5.74, 6) is 0. The van der Waals surface area contributed by atoms with Crippen molar-refractivity contribution in [2.45, 2.75) is 21.9 Å². The van der Waals surface area contributed by atoms with Crippen molar-refractivity contribution in [3.05, 3.63) is 123 Å². The van der Waals surface area contributed by atoms with Crippen LogP contribution in [0.25, 0.3) is 10.6 Å². The van der Waals surface area contributed by atoms with E-state index in [-0.39, 0.29) is 67.8 Å². The van der Waals surface area contributed by atoms with Crippen LogP contribution in [0.1, 0.15) is 23.2 Å². The SMILES string of the molecule is [Ni].[S-]c1ccccc1[N-]C(c1c(Cl)c(Cl)cc(Cl)c1Cl)C([N-]c1ccccc1[S-])c1c(Cl)c(Cl)cc(Cl)c1Cl. The van der Waals surface area contributed by atoms with Gasteiger partial charge in [-0.25, -0.2) is 0 Å². The zero-order valence-electron chi connectivity index (χ0n) is 19.0. The van der Waals surface area contributed by atoms with Gasteiger partial charge in [-0.05, 0) is 23.3 Å². The number of hydrogen-bond acceptors (Lipinski definition) is 2. The van der Waals surface area contributed by atoms with Gasteiger partial charge in [0.15, 0.2) is 0 Å². The molecule has 208 valence electrons. The molecule has 0 saturated carbocycles. The standard InChI is InChI=1S/C26H14Cl8N2S2.Ni/c27-11-9-12(28)22(32)19(21(11)31)25(35-15-5-1-3-7-17(15)37)26(36-16-6-2-4-8-18(16)38)20-23(33)13(29)10-14(30)24(20)34;/h1-10,25-26,37-38H;/q-2;/p-2. The third kappa shape index (κ3) is 7.21. The van der Waals surface area contributed by atoms with E-state index >= 15 is 0 Å². The second-order valence-corrected chi connectivity index (χ2v) is 11.9. The maximum absolute atomic E-state index is 6.74. The Morgan fingerprint density at radius 1 is 0.487 bits per heavy atom. The molecule has 0 fully saturated rings. The van der Waals surface area contributed by atoms with Gasteiger partial charge in [-0.2, -0.15) is 21.2 Å². The minimum Gasteiger partial charge on any atom is -0.781 e. The first-order valence-electron chi connectivity index (χ1n) is 10.6. The van der Waals surface area contributed by atoms with Crippen molar-refractivity contribution in [1.82, 2.24) is 0 Å². The summed E-state index contributed by atoms with van der Waals surface area (Å²) >= 11 is 63.8. The normalized spacial score (nSPS) is 12.4. The Labute approximate surface area is 287 Å². The summed E-state index contributed by atoms with van der Waals surface area (Å²) in [6.07, 6.45) is 0. The maximum Gasteiger partial charge on any atom is 0.0627 e. The fourth-order valence-electron chi connectivity index (χ4n) is 3.72. The Bertz CT molecular complexity index is 1360. The molecule has 0 bridgehead atoms. The Morgan fingerprint density at radius 2 is 0.769 bits per heavy atom. The molecule has 0 aliphatic rings. The van der Waals surface area contributed by atoms with Crippen LogP contribution in [0.5, 0.6) is 0 Å². The summed E-state index contributed by atoms with van der Waals surface area (Å²) in [6, 6.07) is 15.0. The van der Waals surface area contributed by atoms with Gasteiger partial charge in [0.25, 0.3) is 0 Å². The second-order valence-electron chi connectivity index (χ2n) is 7.85.